The van der Waals surface area contributed by atoms with Crippen LogP contribution in [0.5, 0.6) is 0 Å². The molecule has 0 saturated carbocycles. The first-order valence-electron chi connectivity index (χ1n) is 4.72. The van der Waals surface area contributed by atoms with Gasteiger partial charge in [0.15, 0.2) is 6.29 Å². The van der Waals surface area contributed by atoms with E-state index in [0.29, 0.717) is 0 Å². The first-order valence-corrected chi connectivity index (χ1v) is 6.25. The molecule has 1 saturated heterocycles. The second-order valence-corrected chi connectivity index (χ2v) is 4.14. The van der Waals surface area contributed by atoms with Crippen LogP contribution in [0.1, 0.15) is 32.1 Å². The van der Waals surface area contributed by atoms with Gasteiger partial charge in [-0.05, 0) is 36.5 Å². The van der Waals surface area contributed by atoms with Crippen molar-refractivity contribution in [2.24, 2.45) is 0 Å². The summed E-state index contributed by atoms with van der Waals surface area (Å²) < 4.78 is 12.2. The van der Waals surface area contributed by atoms with Crippen molar-refractivity contribution in [1.82, 2.24) is 0 Å². The van der Waals surface area contributed by atoms with Crippen molar-refractivity contribution in [2.45, 2.75) is 38.4 Å². The molecule has 2 nitrogen and oxygen atoms in total. The second kappa shape index (κ2) is 7.09. The predicted octanol–water partition coefficient (Wildman–Crippen LogP) is 2.74. The van der Waals surface area contributed by atoms with Gasteiger partial charge in [-0.25, -0.2) is 0 Å². The fourth-order valence-corrected chi connectivity index (χ4v) is 1.79. The molecule has 0 aliphatic carbocycles. The smallest absolute Gasteiger partial charge is 0.157 e. The Bertz CT molecular complexity index is 103. The molecule has 1 aliphatic heterocycles. The van der Waals surface area contributed by atoms with E-state index >= 15 is 0 Å². The van der Waals surface area contributed by atoms with E-state index in [4.69, 9.17) is 9.47 Å². The average molecular weight is 284 g/mol. The third-order valence-corrected chi connectivity index (χ3v) is 2.73. The molecule has 0 unspecified atom stereocenters. The Kier molecular flexibility index (Phi) is 6.34. The maximum Gasteiger partial charge on any atom is 0.157 e. The van der Waals surface area contributed by atoms with Crippen LogP contribution in [0.4, 0.5) is 0 Å². The molecule has 0 radical (unpaired) electrons. The molecule has 1 atom stereocenters. The van der Waals surface area contributed by atoms with Crippen molar-refractivity contribution in [3.8, 4) is 0 Å². The SMILES string of the molecule is ICCCCO[C@H]1CCCCO1. The summed E-state index contributed by atoms with van der Waals surface area (Å²) >= 11 is 2.39. The summed E-state index contributed by atoms with van der Waals surface area (Å²) in [7, 11) is 0. The van der Waals surface area contributed by atoms with E-state index in [9.17, 15) is 0 Å². The van der Waals surface area contributed by atoms with Crippen molar-refractivity contribution < 1.29 is 9.47 Å². The number of alkyl halides is 1. The van der Waals surface area contributed by atoms with E-state index in [0.717, 1.165) is 19.6 Å². The van der Waals surface area contributed by atoms with Crippen molar-refractivity contribution in [3.63, 3.8) is 0 Å². The van der Waals surface area contributed by atoms with Crippen molar-refractivity contribution in [2.75, 3.05) is 17.6 Å². The van der Waals surface area contributed by atoms with Gasteiger partial charge in [0.1, 0.15) is 0 Å². The molecule has 0 bridgehead atoms. The van der Waals surface area contributed by atoms with Gasteiger partial charge in [0.05, 0.1) is 0 Å². The molecular formula is C9H17IO2. The summed E-state index contributed by atoms with van der Waals surface area (Å²) in [6.07, 6.45) is 6.08. The molecule has 1 fully saturated rings. The summed E-state index contributed by atoms with van der Waals surface area (Å²) in [6, 6.07) is 0. The van der Waals surface area contributed by atoms with Crippen LogP contribution in [-0.4, -0.2) is 23.9 Å². The van der Waals surface area contributed by atoms with Crippen LogP contribution in [0.25, 0.3) is 0 Å². The summed E-state index contributed by atoms with van der Waals surface area (Å²) in [5.74, 6) is 0. The highest BCUT2D eigenvalue weighted by Gasteiger charge is 2.12. The van der Waals surface area contributed by atoms with E-state index in [1.54, 1.807) is 0 Å². The van der Waals surface area contributed by atoms with Crippen molar-refractivity contribution in [1.29, 1.82) is 0 Å². The molecule has 0 aromatic carbocycles. The van der Waals surface area contributed by atoms with E-state index < -0.39 is 0 Å². The van der Waals surface area contributed by atoms with Crippen LogP contribution in [0.3, 0.4) is 0 Å². The minimum atomic E-state index is 0.105. The molecule has 0 amide bonds. The monoisotopic (exact) mass is 284 g/mol. The molecule has 0 N–H and O–H groups in total. The van der Waals surface area contributed by atoms with Crippen molar-refractivity contribution >= 4 is 22.6 Å². The lowest BCUT2D eigenvalue weighted by Crippen LogP contribution is -2.22. The van der Waals surface area contributed by atoms with Gasteiger partial charge in [0.2, 0.25) is 0 Å². The minimum absolute atomic E-state index is 0.105. The summed E-state index contributed by atoms with van der Waals surface area (Å²) in [5, 5.41) is 0. The van der Waals surface area contributed by atoms with Gasteiger partial charge in [-0.15, -0.1) is 0 Å². The summed E-state index contributed by atoms with van der Waals surface area (Å²) in [6.45, 7) is 1.75. The largest absolute Gasteiger partial charge is 0.353 e. The third-order valence-electron chi connectivity index (χ3n) is 1.97. The average Bonchev–Trinajstić information content (AvgIpc) is 2.14. The normalized spacial score (nSPS) is 24.2. The molecular weight excluding hydrogens is 267 g/mol. The van der Waals surface area contributed by atoms with Gasteiger partial charge in [0.25, 0.3) is 0 Å². The number of ether oxygens (including phenoxy) is 2. The molecule has 1 aliphatic rings. The van der Waals surface area contributed by atoms with Crippen LogP contribution in [-0.2, 0) is 9.47 Å². The van der Waals surface area contributed by atoms with Gasteiger partial charge in [0, 0.05) is 13.2 Å². The molecule has 0 aromatic rings. The zero-order valence-corrected chi connectivity index (χ0v) is 9.59. The highest BCUT2D eigenvalue weighted by atomic mass is 127. The molecule has 1 heterocycles. The van der Waals surface area contributed by atoms with E-state index in [1.165, 1.54) is 30.1 Å². The van der Waals surface area contributed by atoms with Crippen LogP contribution in [0.2, 0.25) is 0 Å². The van der Waals surface area contributed by atoms with Gasteiger partial charge < -0.3 is 9.47 Å². The summed E-state index contributed by atoms with van der Waals surface area (Å²) in [5.41, 5.74) is 0. The molecule has 0 spiro atoms. The number of halogens is 1. The lowest BCUT2D eigenvalue weighted by Gasteiger charge is -2.22. The Balaban J connectivity index is 1.91. The van der Waals surface area contributed by atoms with Crippen LogP contribution in [0.15, 0.2) is 0 Å². The quantitative estimate of drug-likeness (QED) is 0.439. The van der Waals surface area contributed by atoms with Crippen LogP contribution in [0, 0.1) is 0 Å². The van der Waals surface area contributed by atoms with Gasteiger partial charge in [-0.3, -0.25) is 0 Å². The topological polar surface area (TPSA) is 18.5 Å². The maximum absolute atomic E-state index is 5.56. The standard InChI is InChI=1S/C9H17IO2/c10-6-2-4-8-12-9-5-1-3-7-11-9/h9H,1-8H2/t9-/m0/s1. The minimum Gasteiger partial charge on any atom is -0.353 e. The number of rotatable bonds is 5. The van der Waals surface area contributed by atoms with E-state index in [-0.39, 0.29) is 6.29 Å². The van der Waals surface area contributed by atoms with Gasteiger partial charge in [-0.1, -0.05) is 22.6 Å². The van der Waals surface area contributed by atoms with Crippen molar-refractivity contribution in [3.05, 3.63) is 0 Å². The Labute approximate surface area is 88.1 Å². The lowest BCUT2D eigenvalue weighted by molar-refractivity contribution is -0.162. The predicted molar refractivity (Wildman–Crippen MR) is 57.7 cm³/mol. The maximum atomic E-state index is 5.56. The van der Waals surface area contributed by atoms with E-state index in [2.05, 4.69) is 22.6 Å². The zero-order valence-electron chi connectivity index (χ0n) is 7.43. The summed E-state index contributed by atoms with van der Waals surface area (Å²) in [4.78, 5) is 0. The third kappa shape index (κ3) is 4.62. The zero-order chi connectivity index (χ0) is 8.65. The Morgan fingerprint density at radius 2 is 2.25 bits per heavy atom. The van der Waals surface area contributed by atoms with Crippen LogP contribution >= 0.6 is 22.6 Å². The number of unbranched alkanes of at least 4 members (excludes halogenated alkanes) is 1. The van der Waals surface area contributed by atoms with Gasteiger partial charge >= 0.3 is 0 Å². The molecule has 3 heteroatoms. The Hall–Kier alpha value is 0.650. The molecule has 0 aromatic heterocycles. The number of hydrogen-bond acceptors (Lipinski definition) is 2. The van der Waals surface area contributed by atoms with Gasteiger partial charge in [-0.2, -0.15) is 0 Å². The highest BCUT2D eigenvalue weighted by Crippen LogP contribution is 2.13. The second-order valence-electron chi connectivity index (χ2n) is 3.06. The molecule has 1 rings (SSSR count). The Morgan fingerprint density at radius 3 is 2.92 bits per heavy atom. The van der Waals surface area contributed by atoms with E-state index in [1.807, 2.05) is 0 Å². The first kappa shape index (κ1) is 10.7. The van der Waals surface area contributed by atoms with Crippen LogP contribution < -0.4 is 0 Å². The first-order chi connectivity index (χ1) is 5.93. The molecule has 12 heavy (non-hydrogen) atoms. The lowest BCUT2D eigenvalue weighted by atomic mass is 10.2. The fourth-order valence-electron chi connectivity index (χ4n) is 1.25. The fraction of sp³-hybridized carbons (Fsp3) is 1.00. The Morgan fingerprint density at radius 1 is 1.33 bits per heavy atom. The number of hydrogen-bond donors (Lipinski definition) is 0. The highest BCUT2D eigenvalue weighted by molar-refractivity contribution is 14.1. The molecule has 72 valence electrons.